The van der Waals surface area contributed by atoms with Crippen molar-refractivity contribution in [1.29, 1.82) is 0 Å². The second-order valence-corrected chi connectivity index (χ2v) is 13.3. The molecule has 4 nitrogen and oxygen atoms in total. The maximum absolute atomic E-state index is 15.9. The zero-order chi connectivity index (χ0) is 28.0. The SMILES string of the molecule is [2H]c1c(OC(C)=O)sc2c1CN(C(C)(C(=O)C1(C)C(C)C1(C)C)c1c(F)ccc(C)c1C)C(C)(C)C2C. The molecule has 0 amide bonds. The van der Waals surface area contributed by atoms with Gasteiger partial charge in [-0.2, -0.15) is 0 Å². The third-order valence-electron chi connectivity index (χ3n) is 10.3. The maximum atomic E-state index is 15.9. The maximum Gasteiger partial charge on any atom is 0.308 e. The van der Waals surface area contributed by atoms with Crippen LogP contribution in [0.25, 0.3) is 0 Å². The van der Waals surface area contributed by atoms with Gasteiger partial charge in [0.1, 0.15) is 11.4 Å². The van der Waals surface area contributed by atoms with E-state index >= 15 is 4.39 Å². The normalized spacial score (nSPS) is 28.6. The van der Waals surface area contributed by atoms with Gasteiger partial charge in [-0.05, 0) is 74.8 Å². The lowest BCUT2D eigenvalue weighted by Gasteiger charge is -2.55. The zero-order valence-electron chi connectivity index (χ0n) is 24.5. The average molecular weight is 515 g/mol. The van der Waals surface area contributed by atoms with Crippen molar-refractivity contribution in [3.63, 3.8) is 0 Å². The number of ketones is 1. The van der Waals surface area contributed by atoms with Crippen LogP contribution in [0.1, 0.15) is 96.7 Å². The quantitative estimate of drug-likeness (QED) is 0.393. The van der Waals surface area contributed by atoms with Crippen LogP contribution in [0.2, 0.25) is 0 Å². The Morgan fingerprint density at radius 2 is 1.78 bits per heavy atom. The molecule has 4 rings (SSSR count). The summed E-state index contributed by atoms with van der Waals surface area (Å²) in [5.74, 6) is -0.793. The van der Waals surface area contributed by atoms with Crippen molar-refractivity contribution in [3.8, 4) is 5.06 Å². The lowest BCUT2D eigenvalue weighted by atomic mass is 9.69. The van der Waals surface area contributed by atoms with Crippen molar-refractivity contribution in [2.45, 2.75) is 99.7 Å². The third kappa shape index (κ3) is 3.47. The van der Waals surface area contributed by atoms with Crippen molar-refractivity contribution in [2.75, 3.05) is 0 Å². The number of nitrogens with zero attached hydrogens (tertiary/aromatic N) is 1. The molecule has 1 fully saturated rings. The van der Waals surface area contributed by atoms with E-state index in [1.54, 1.807) is 6.07 Å². The summed E-state index contributed by atoms with van der Waals surface area (Å²) in [6.45, 7) is 22.0. The number of aryl methyl sites for hydroxylation is 1. The first kappa shape index (κ1) is 25.6. The molecule has 1 aromatic carbocycles. The van der Waals surface area contributed by atoms with Crippen molar-refractivity contribution in [1.82, 2.24) is 4.90 Å². The standard InChI is InChI=1S/C30H40FNO3S/c1-16-12-13-22(31)24(17(16)2)30(11,26(34)29(10)19(4)27(29,6)7)32-15-21-14-23(35-20(5)33)36-25(21)18(3)28(32,8)9/h12-14,18-19H,15H2,1-11H3/i14D. The van der Waals surface area contributed by atoms with Gasteiger partial charge in [0, 0.05) is 40.8 Å². The molecule has 0 bridgehead atoms. The van der Waals surface area contributed by atoms with Gasteiger partial charge in [0.15, 0.2) is 10.8 Å². The molecule has 1 aliphatic heterocycles. The van der Waals surface area contributed by atoms with E-state index in [0.29, 0.717) is 5.56 Å². The molecule has 4 unspecified atom stereocenters. The highest BCUT2D eigenvalue weighted by Crippen LogP contribution is 2.71. The van der Waals surface area contributed by atoms with Gasteiger partial charge in [-0.3, -0.25) is 14.5 Å². The van der Waals surface area contributed by atoms with Gasteiger partial charge in [-0.25, -0.2) is 4.39 Å². The van der Waals surface area contributed by atoms with Crippen LogP contribution >= 0.6 is 11.3 Å². The first-order chi connectivity index (χ1) is 16.9. The van der Waals surface area contributed by atoms with Gasteiger partial charge in [0.25, 0.3) is 0 Å². The number of esters is 1. The second kappa shape index (κ2) is 8.22. The highest BCUT2D eigenvalue weighted by atomic mass is 32.1. The molecule has 0 radical (unpaired) electrons. The first-order valence-corrected chi connectivity index (χ1v) is 13.6. The van der Waals surface area contributed by atoms with E-state index in [1.165, 1.54) is 24.3 Å². The summed E-state index contributed by atoms with van der Waals surface area (Å²) < 4.78 is 30.1. The number of Topliss-reactive ketones (excluding diaryl/α,β-unsaturated/α-hetero) is 1. The number of thiophene rings is 1. The van der Waals surface area contributed by atoms with E-state index in [4.69, 9.17) is 6.11 Å². The molecule has 6 heteroatoms. The van der Waals surface area contributed by atoms with Crippen LogP contribution in [0.5, 0.6) is 5.06 Å². The highest BCUT2D eigenvalue weighted by Gasteiger charge is 2.73. The van der Waals surface area contributed by atoms with E-state index in [-0.39, 0.29) is 46.5 Å². The van der Waals surface area contributed by atoms with E-state index in [1.807, 2.05) is 27.7 Å². The Hall–Kier alpha value is -2.05. The zero-order valence-corrected chi connectivity index (χ0v) is 24.3. The van der Waals surface area contributed by atoms with Gasteiger partial charge < -0.3 is 4.74 Å². The Morgan fingerprint density at radius 1 is 1.19 bits per heavy atom. The number of hydrogen-bond acceptors (Lipinski definition) is 5. The van der Waals surface area contributed by atoms with Crippen molar-refractivity contribution < 1.29 is 20.1 Å². The van der Waals surface area contributed by atoms with Gasteiger partial charge >= 0.3 is 5.97 Å². The molecule has 196 valence electrons. The van der Waals surface area contributed by atoms with Crippen LogP contribution < -0.4 is 4.74 Å². The molecule has 0 N–H and O–H groups in total. The Labute approximate surface area is 220 Å². The molecule has 0 saturated heterocycles. The number of carbonyl (C=O) groups is 2. The summed E-state index contributed by atoms with van der Waals surface area (Å²) in [6.07, 6.45) is 0. The predicted molar refractivity (Wildman–Crippen MR) is 143 cm³/mol. The third-order valence-corrected chi connectivity index (χ3v) is 11.5. The Kier molecular flexibility index (Phi) is 5.85. The predicted octanol–water partition coefficient (Wildman–Crippen LogP) is 7.29. The average Bonchev–Trinajstić information content (AvgIpc) is 3.04. The number of hydrogen-bond donors (Lipinski definition) is 0. The van der Waals surface area contributed by atoms with Gasteiger partial charge in [0.2, 0.25) is 0 Å². The van der Waals surface area contributed by atoms with Crippen LogP contribution in [-0.2, 0) is 21.7 Å². The summed E-state index contributed by atoms with van der Waals surface area (Å²) in [4.78, 5) is 29.7. The number of halogens is 1. The lowest BCUT2D eigenvalue weighted by molar-refractivity contribution is -0.145. The molecular weight excluding hydrogens is 473 g/mol. The van der Waals surface area contributed by atoms with Crippen molar-refractivity contribution >= 4 is 23.1 Å². The Balaban J connectivity index is 2.00. The number of carbonyl (C=O) groups excluding carboxylic acids is 2. The largest absolute Gasteiger partial charge is 0.416 e. The molecular formula is C30H40FNO3S. The molecule has 1 aliphatic carbocycles. The van der Waals surface area contributed by atoms with Gasteiger partial charge in [-0.15, -0.1) is 11.3 Å². The molecule has 4 atom stereocenters. The van der Waals surface area contributed by atoms with Gasteiger partial charge in [0.05, 0.1) is 1.37 Å². The van der Waals surface area contributed by atoms with Crippen LogP contribution in [0, 0.1) is 36.4 Å². The minimum Gasteiger partial charge on any atom is -0.416 e. The Bertz CT molecular complexity index is 1310. The lowest BCUT2D eigenvalue weighted by Crippen LogP contribution is -2.63. The van der Waals surface area contributed by atoms with Gasteiger partial charge in [-0.1, -0.05) is 40.7 Å². The summed E-state index contributed by atoms with van der Waals surface area (Å²) in [5.41, 5.74) is 0.155. The smallest absolute Gasteiger partial charge is 0.308 e. The summed E-state index contributed by atoms with van der Waals surface area (Å²) >= 11 is 1.33. The van der Waals surface area contributed by atoms with E-state index < -0.39 is 22.5 Å². The molecule has 36 heavy (non-hydrogen) atoms. The monoisotopic (exact) mass is 514 g/mol. The topological polar surface area (TPSA) is 46.6 Å². The van der Waals surface area contributed by atoms with E-state index in [0.717, 1.165) is 21.6 Å². The molecule has 2 aliphatic rings. The molecule has 2 aromatic rings. The second-order valence-electron chi connectivity index (χ2n) is 12.3. The summed E-state index contributed by atoms with van der Waals surface area (Å²) in [6, 6.07) is 3.40. The minimum absolute atomic E-state index is 0.01000. The minimum atomic E-state index is -1.29. The fourth-order valence-corrected chi connectivity index (χ4v) is 7.92. The van der Waals surface area contributed by atoms with Crippen molar-refractivity contribution in [2.24, 2.45) is 16.7 Å². The molecule has 2 heterocycles. The number of ether oxygens (including phenoxy) is 1. The Morgan fingerprint density at radius 3 is 2.31 bits per heavy atom. The number of benzene rings is 1. The number of fused-ring (bicyclic) bond motifs is 1. The fraction of sp³-hybridized carbons (Fsp3) is 0.600. The van der Waals surface area contributed by atoms with Crippen LogP contribution in [0.15, 0.2) is 18.2 Å². The molecule has 0 spiro atoms. The summed E-state index contributed by atoms with van der Waals surface area (Å²) in [5, 5.41) is 0.275. The summed E-state index contributed by atoms with van der Waals surface area (Å²) in [7, 11) is 0. The molecule has 1 saturated carbocycles. The first-order valence-electron chi connectivity index (χ1n) is 13.3. The van der Waals surface area contributed by atoms with E-state index in [2.05, 4.69) is 46.4 Å². The number of rotatable bonds is 5. The van der Waals surface area contributed by atoms with Crippen LogP contribution in [0.3, 0.4) is 0 Å². The van der Waals surface area contributed by atoms with Crippen LogP contribution in [-0.4, -0.2) is 22.2 Å². The van der Waals surface area contributed by atoms with Crippen LogP contribution in [0.4, 0.5) is 4.39 Å². The molecule has 1 aromatic heterocycles. The van der Waals surface area contributed by atoms with Crippen molar-refractivity contribution in [3.05, 3.63) is 51.1 Å². The fourth-order valence-electron chi connectivity index (χ4n) is 6.69. The highest BCUT2D eigenvalue weighted by molar-refractivity contribution is 7.14. The van der Waals surface area contributed by atoms with E-state index in [9.17, 15) is 9.59 Å².